The second-order valence-corrected chi connectivity index (χ2v) is 8.42. The molecule has 4 rings (SSSR count). The number of hydrogen-bond donors (Lipinski definition) is 2. The zero-order chi connectivity index (χ0) is 23.5. The van der Waals surface area contributed by atoms with Crippen LogP contribution in [-0.4, -0.2) is 51.6 Å². The van der Waals surface area contributed by atoms with Crippen molar-refractivity contribution in [3.63, 3.8) is 0 Å². The Morgan fingerprint density at radius 3 is 2.88 bits per heavy atom. The lowest BCUT2D eigenvalue weighted by atomic mass is 9.87. The molecule has 0 radical (unpaired) electrons. The lowest BCUT2D eigenvalue weighted by Gasteiger charge is -2.38. The molecule has 2 atom stereocenters. The number of piperidine rings is 1. The summed E-state index contributed by atoms with van der Waals surface area (Å²) in [6.07, 6.45) is 2.48. The fraction of sp³-hybridized carbons (Fsp3) is 0.304. The first-order valence-corrected chi connectivity index (χ1v) is 10.8. The van der Waals surface area contributed by atoms with Crippen molar-refractivity contribution in [1.29, 1.82) is 0 Å². The predicted molar refractivity (Wildman–Crippen MR) is 120 cm³/mol. The zero-order valence-corrected chi connectivity index (χ0v) is 18.7. The van der Waals surface area contributed by atoms with Crippen molar-refractivity contribution in [2.45, 2.75) is 25.3 Å². The highest BCUT2D eigenvalue weighted by Crippen LogP contribution is 2.29. The topological polar surface area (TPSA) is 114 Å². The van der Waals surface area contributed by atoms with Gasteiger partial charge in [-0.25, -0.2) is 9.37 Å². The van der Waals surface area contributed by atoms with Crippen LogP contribution in [0.4, 0.5) is 4.39 Å². The minimum absolute atomic E-state index is 0.147. The smallest absolute Gasteiger partial charge is 0.274 e. The van der Waals surface area contributed by atoms with E-state index in [1.807, 2.05) is 18.2 Å². The average Bonchev–Trinajstić information content (AvgIpc) is 3.29. The molecule has 8 nitrogen and oxygen atoms in total. The number of aromatic nitrogens is 3. The predicted octanol–water partition coefficient (Wildman–Crippen LogP) is 3.22. The third-order valence-electron chi connectivity index (χ3n) is 5.87. The number of H-pyrrole nitrogens is 1. The summed E-state index contributed by atoms with van der Waals surface area (Å²) in [6.45, 7) is 0.358. The number of amides is 2. The van der Waals surface area contributed by atoms with E-state index >= 15 is 0 Å². The highest BCUT2D eigenvalue weighted by atomic mass is 35.5. The number of hydrogen-bond acceptors (Lipinski definition) is 5. The lowest BCUT2D eigenvalue weighted by Crippen LogP contribution is -2.49. The first kappa shape index (κ1) is 22.7. The number of nitrogens with zero attached hydrogens (tertiary/aromatic N) is 3. The van der Waals surface area contributed by atoms with Gasteiger partial charge in [0, 0.05) is 35.2 Å². The molecule has 1 saturated heterocycles. The first-order valence-electron chi connectivity index (χ1n) is 10.5. The summed E-state index contributed by atoms with van der Waals surface area (Å²) < 4.78 is 19.4. The Morgan fingerprint density at radius 2 is 2.15 bits per heavy atom. The fourth-order valence-corrected chi connectivity index (χ4v) is 4.37. The van der Waals surface area contributed by atoms with Crippen LogP contribution in [0.2, 0.25) is 5.02 Å². The van der Waals surface area contributed by atoms with Crippen LogP contribution in [0.15, 0.2) is 42.6 Å². The van der Waals surface area contributed by atoms with Gasteiger partial charge in [-0.05, 0) is 43.0 Å². The maximum absolute atomic E-state index is 14.3. The van der Waals surface area contributed by atoms with Crippen LogP contribution >= 0.6 is 11.6 Å². The Morgan fingerprint density at radius 1 is 1.33 bits per heavy atom. The van der Waals surface area contributed by atoms with E-state index in [1.54, 1.807) is 11.0 Å². The molecule has 1 aromatic carbocycles. The second-order valence-electron chi connectivity index (χ2n) is 7.98. The Labute approximate surface area is 194 Å². The van der Waals surface area contributed by atoms with Gasteiger partial charge in [0.15, 0.2) is 11.5 Å². The van der Waals surface area contributed by atoms with Crippen molar-refractivity contribution in [3.05, 3.63) is 64.7 Å². The molecule has 0 saturated carbocycles. The number of aromatic amines is 1. The largest absolute Gasteiger partial charge is 0.481 e. The number of nitrogens with one attached hydrogen (secondary N) is 1. The van der Waals surface area contributed by atoms with E-state index in [0.717, 1.165) is 11.8 Å². The van der Waals surface area contributed by atoms with Crippen LogP contribution in [0.25, 0.3) is 11.3 Å². The van der Waals surface area contributed by atoms with Crippen LogP contribution < -0.4 is 10.5 Å². The van der Waals surface area contributed by atoms with Gasteiger partial charge in [0.2, 0.25) is 11.8 Å². The van der Waals surface area contributed by atoms with Crippen molar-refractivity contribution in [2.24, 2.45) is 11.7 Å². The molecule has 0 aliphatic carbocycles. The standard InChI is InChI=1S/C23H23ClFN5O3/c1-33-21-10-17(18(25)12-27-21)19-11-20(29-28-19)23(32)30-6-5-14(22(26)31)9-16(30)8-13-3-2-4-15(24)7-13/h2-4,7,10-12,14,16H,5-6,8-9H2,1H3,(H2,26,31)(H,28,29). The van der Waals surface area contributed by atoms with Crippen LogP contribution in [0, 0.1) is 11.7 Å². The third kappa shape index (κ3) is 4.98. The molecule has 33 heavy (non-hydrogen) atoms. The van der Waals surface area contributed by atoms with E-state index in [-0.39, 0.29) is 40.9 Å². The van der Waals surface area contributed by atoms with Gasteiger partial charge in [0.05, 0.1) is 19.0 Å². The molecule has 172 valence electrons. The van der Waals surface area contributed by atoms with Crippen LogP contribution in [0.5, 0.6) is 5.88 Å². The summed E-state index contributed by atoms with van der Waals surface area (Å²) >= 11 is 6.12. The quantitative estimate of drug-likeness (QED) is 0.573. The number of rotatable bonds is 6. The normalized spacial score (nSPS) is 18.2. The fourth-order valence-electron chi connectivity index (χ4n) is 4.16. The van der Waals surface area contributed by atoms with E-state index in [2.05, 4.69) is 15.2 Å². The monoisotopic (exact) mass is 471 g/mol. The van der Waals surface area contributed by atoms with Gasteiger partial charge >= 0.3 is 0 Å². The van der Waals surface area contributed by atoms with E-state index in [4.69, 9.17) is 22.1 Å². The number of nitrogens with two attached hydrogens (primary N) is 1. The number of halogens is 2. The molecular formula is C23H23ClFN5O3. The molecule has 1 fully saturated rings. The van der Waals surface area contributed by atoms with Crippen molar-refractivity contribution in [1.82, 2.24) is 20.1 Å². The molecule has 0 bridgehead atoms. The van der Waals surface area contributed by atoms with E-state index < -0.39 is 5.82 Å². The SMILES string of the molecule is COc1cc(-c2cc(C(=O)N3CCC(C(N)=O)CC3Cc3cccc(Cl)c3)n[nH]2)c(F)cn1. The van der Waals surface area contributed by atoms with E-state index in [1.165, 1.54) is 19.2 Å². The summed E-state index contributed by atoms with van der Waals surface area (Å²) in [4.78, 5) is 30.7. The molecule has 2 amide bonds. The van der Waals surface area contributed by atoms with Gasteiger partial charge in [0.25, 0.3) is 5.91 Å². The summed E-state index contributed by atoms with van der Waals surface area (Å²) in [5, 5.41) is 7.43. The minimum Gasteiger partial charge on any atom is -0.481 e. The van der Waals surface area contributed by atoms with Gasteiger partial charge in [-0.15, -0.1) is 0 Å². The zero-order valence-electron chi connectivity index (χ0n) is 17.9. The molecule has 2 unspecified atom stereocenters. The number of benzene rings is 1. The highest BCUT2D eigenvalue weighted by Gasteiger charge is 2.35. The molecule has 1 aliphatic rings. The van der Waals surface area contributed by atoms with Gasteiger partial charge in [-0.3, -0.25) is 14.7 Å². The molecule has 1 aliphatic heterocycles. The molecular weight excluding hydrogens is 449 g/mol. The summed E-state index contributed by atoms with van der Waals surface area (Å²) in [6, 6.07) is 10.0. The maximum atomic E-state index is 14.3. The van der Waals surface area contributed by atoms with Crippen LogP contribution in [-0.2, 0) is 11.2 Å². The molecule has 2 aromatic heterocycles. The summed E-state index contributed by atoms with van der Waals surface area (Å²) in [7, 11) is 1.43. The summed E-state index contributed by atoms with van der Waals surface area (Å²) in [5.41, 5.74) is 7.17. The average molecular weight is 472 g/mol. The molecule has 0 spiro atoms. The van der Waals surface area contributed by atoms with Crippen molar-refractivity contribution in [3.8, 4) is 17.1 Å². The Bertz CT molecular complexity index is 1180. The highest BCUT2D eigenvalue weighted by molar-refractivity contribution is 6.30. The lowest BCUT2D eigenvalue weighted by molar-refractivity contribution is -0.123. The first-order chi connectivity index (χ1) is 15.9. The van der Waals surface area contributed by atoms with E-state index in [9.17, 15) is 14.0 Å². The number of primary amides is 1. The molecule has 10 heteroatoms. The van der Waals surface area contributed by atoms with Crippen LogP contribution in [0.3, 0.4) is 0 Å². The van der Waals surface area contributed by atoms with Crippen molar-refractivity contribution in [2.75, 3.05) is 13.7 Å². The number of methoxy groups -OCH3 is 1. The Hall–Kier alpha value is -3.46. The molecule has 3 N–H and O–H groups in total. The minimum atomic E-state index is -0.570. The van der Waals surface area contributed by atoms with Gasteiger partial charge in [-0.1, -0.05) is 23.7 Å². The summed E-state index contributed by atoms with van der Waals surface area (Å²) in [5.74, 6) is -1.33. The third-order valence-corrected chi connectivity index (χ3v) is 6.10. The Kier molecular flexibility index (Phi) is 6.60. The van der Waals surface area contributed by atoms with Gasteiger partial charge < -0.3 is 15.4 Å². The van der Waals surface area contributed by atoms with Crippen LogP contribution in [0.1, 0.15) is 28.9 Å². The number of ether oxygens (including phenoxy) is 1. The Balaban J connectivity index is 1.59. The number of carbonyl (C=O) groups excluding carboxylic acids is 2. The van der Waals surface area contributed by atoms with Crippen molar-refractivity contribution < 1.29 is 18.7 Å². The number of pyridine rings is 1. The molecule has 3 aromatic rings. The van der Waals surface area contributed by atoms with E-state index in [0.29, 0.717) is 36.5 Å². The maximum Gasteiger partial charge on any atom is 0.274 e. The van der Waals surface area contributed by atoms with Crippen molar-refractivity contribution >= 4 is 23.4 Å². The van der Waals surface area contributed by atoms with Gasteiger partial charge in [-0.2, -0.15) is 5.10 Å². The second kappa shape index (κ2) is 9.58. The number of likely N-dealkylation sites (tertiary alicyclic amines) is 1. The molecule has 3 heterocycles. The number of carbonyl (C=O) groups is 2. The van der Waals surface area contributed by atoms with Gasteiger partial charge in [0.1, 0.15) is 0 Å².